The Hall–Kier alpha value is -0.390. The molecule has 0 saturated carbocycles. The van der Waals surface area contributed by atoms with Gasteiger partial charge in [0.25, 0.3) is 0 Å². The summed E-state index contributed by atoms with van der Waals surface area (Å²) < 4.78 is 1.06. The van der Waals surface area contributed by atoms with Gasteiger partial charge >= 0.3 is 0 Å². The first-order valence-corrected chi connectivity index (χ1v) is 7.88. The van der Waals surface area contributed by atoms with Crippen molar-refractivity contribution in [2.75, 3.05) is 6.54 Å². The normalized spacial score (nSPS) is 12.7. The van der Waals surface area contributed by atoms with Crippen molar-refractivity contribution in [1.29, 1.82) is 0 Å². The van der Waals surface area contributed by atoms with Gasteiger partial charge in [0.15, 0.2) is 0 Å². The van der Waals surface area contributed by atoms with Crippen LogP contribution in [0.5, 0.6) is 0 Å². The van der Waals surface area contributed by atoms with Crippen LogP contribution in [0, 0.1) is 11.8 Å². The number of nitrogens with two attached hydrogens (primary N) is 1. The average molecular weight is 333 g/mol. The molecule has 0 fully saturated rings. The number of halogens is 1. The third-order valence-electron chi connectivity index (χ3n) is 2.75. The standard InChI is InChI=1S/C13H21BrN2OS/c1-9(2)5-10(7-15)6-13(17)16-8-12-11(14)3-4-18-12/h3-4,9-10H,5-8,15H2,1-2H3,(H,16,17). The number of rotatable bonds is 7. The molecule has 0 saturated heterocycles. The van der Waals surface area contributed by atoms with Crippen LogP contribution >= 0.6 is 27.3 Å². The van der Waals surface area contributed by atoms with E-state index in [0.29, 0.717) is 25.4 Å². The molecule has 0 spiro atoms. The molecular formula is C13H21BrN2OS. The summed E-state index contributed by atoms with van der Waals surface area (Å²) in [5, 5.41) is 4.96. The second-order valence-electron chi connectivity index (χ2n) is 4.90. The lowest BCUT2D eigenvalue weighted by Gasteiger charge is -2.16. The van der Waals surface area contributed by atoms with Crippen molar-refractivity contribution < 1.29 is 4.79 Å². The fraction of sp³-hybridized carbons (Fsp3) is 0.615. The monoisotopic (exact) mass is 332 g/mol. The number of nitrogens with one attached hydrogen (secondary N) is 1. The molecule has 1 aromatic heterocycles. The van der Waals surface area contributed by atoms with Crippen LogP contribution in [-0.2, 0) is 11.3 Å². The summed E-state index contributed by atoms with van der Waals surface area (Å²) in [4.78, 5) is 13.0. The zero-order valence-electron chi connectivity index (χ0n) is 10.9. The van der Waals surface area contributed by atoms with Gasteiger partial charge in [0.05, 0.1) is 6.54 Å². The maximum absolute atomic E-state index is 11.8. The van der Waals surface area contributed by atoms with Gasteiger partial charge in [0, 0.05) is 15.8 Å². The Morgan fingerprint density at radius 3 is 2.78 bits per heavy atom. The van der Waals surface area contributed by atoms with Gasteiger partial charge in [0.2, 0.25) is 5.91 Å². The Balaban J connectivity index is 2.34. The summed E-state index contributed by atoms with van der Waals surface area (Å²) >= 11 is 5.09. The van der Waals surface area contributed by atoms with E-state index in [1.165, 1.54) is 0 Å². The van der Waals surface area contributed by atoms with Crippen LogP contribution in [-0.4, -0.2) is 12.5 Å². The molecule has 0 bridgehead atoms. The maximum Gasteiger partial charge on any atom is 0.220 e. The van der Waals surface area contributed by atoms with E-state index in [9.17, 15) is 4.79 Å². The van der Waals surface area contributed by atoms with Crippen molar-refractivity contribution in [3.8, 4) is 0 Å². The third kappa shape index (κ3) is 5.50. The highest BCUT2D eigenvalue weighted by molar-refractivity contribution is 9.10. The minimum Gasteiger partial charge on any atom is -0.351 e. The minimum absolute atomic E-state index is 0.0893. The van der Waals surface area contributed by atoms with Gasteiger partial charge in [-0.2, -0.15) is 0 Å². The molecule has 1 aromatic rings. The molecule has 0 aliphatic carbocycles. The quantitative estimate of drug-likeness (QED) is 0.805. The SMILES string of the molecule is CC(C)CC(CN)CC(=O)NCc1sccc1Br. The first-order chi connectivity index (χ1) is 8.52. The second kappa shape index (κ2) is 7.92. The van der Waals surface area contributed by atoms with Crippen molar-refractivity contribution in [2.24, 2.45) is 17.6 Å². The predicted octanol–water partition coefficient (Wildman–Crippen LogP) is 3.14. The van der Waals surface area contributed by atoms with Crippen molar-refractivity contribution in [2.45, 2.75) is 33.2 Å². The van der Waals surface area contributed by atoms with E-state index in [1.54, 1.807) is 11.3 Å². The van der Waals surface area contributed by atoms with Crippen molar-refractivity contribution in [1.82, 2.24) is 5.32 Å². The summed E-state index contributed by atoms with van der Waals surface area (Å²) in [7, 11) is 0. The highest BCUT2D eigenvalue weighted by Gasteiger charge is 2.14. The van der Waals surface area contributed by atoms with E-state index in [2.05, 4.69) is 35.1 Å². The van der Waals surface area contributed by atoms with Crippen LogP contribution in [0.1, 0.15) is 31.6 Å². The molecule has 0 radical (unpaired) electrons. The number of carbonyl (C=O) groups is 1. The van der Waals surface area contributed by atoms with E-state index in [4.69, 9.17) is 5.73 Å². The summed E-state index contributed by atoms with van der Waals surface area (Å²) in [6, 6.07) is 1.99. The lowest BCUT2D eigenvalue weighted by atomic mass is 9.94. The Kier molecular flexibility index (Phi) is 6.89. The molecule has 1 heterocycles. The predicted molar refractivity (Wildman–Crippen MR) is 80.5 cm³/mol. The molecule has 102 valence electrons. The van der Waals surface area contributed by atoms with Crippen molar-refractivity contribution in [3.63, 3.8) is 0 Å². The fourth-order valence-electron chi connectivity index (χ4n) is 1.89. The van der Waals surface area contributed by atoms with Gasteiger partial charge in [-0.15, -0.1) is 11.3 Å². The van der Waals surface area contributed by atoms with Gasteiger partial charge in [-0.1, -0.05) is 13.8 Å². The van der Waals surface area contributed by atoms with Crippen molar-refractivity contribution >= 4 is 33.2 Å². The molecule has 3 N–H and O–H groups in total. The summed E-state index contributed by atoms with van der Waals surface area (Å²) in [5.41, 5.74) is 5.70. The van der Waals surface area contributed by atoms with Crippen molar-refractivity contribution in [3.05, 3.63) is 20.8 Å². The van der Waals surface area contributed by atoms with Gasteiger partial charge in [-0.25, -0.2) is 0 Å². The molecule has 1 amide bonds. The van der Waals surface area contributed by atoms with Crippen LogP contribution in [0.15, 0.2) is 15.9 Å². The molecule has 18 heavy (non-hydrogen) atoms. The first kappa shape index (κ1) is 15.7. The number of hydrogen-bond donors (Lipinski definition) is 2. The maximum atomic E-state index is 11.8. The van der Waals surface area contributed by atoms with E-state index in [-0.39, 0.29) is 11.8 Å². The van der Waals surface area contributed by atoms with Gasteiger partial charge in [-0.3, -0.25) is 4.79 Å². The van der Waals surface area contributed by atoms with E-state index < -0.39 is 0 Å². The minimum atomic E-state index is 0.0893. The zero-order chi connectivity index (χ0) is 13.5. The number of carbonyl (C=O) groups excluding carboxylic acids is 1. The number of amides is 1. The lowest BCUT2D eigenvalue weighted by molar-refractivity contribution is -0.122. The highest BCUT2D eigenvalue weighted by atomic mass is 79.9. The molecule has 1 rings (SSSR count). The molecule has 0 aromatic carbocycles. The molecule has 3 nitrogen and oxygen atoms in total. The third-order valence-corrected chi connectivity index (χ3v) is 4.68. The largest absolute Gasteiger partial charge is 0.351 e. The van der Waals surface area contributed by atoms with Gasteiger partial charge in [0.1, 0.15) is 0 Å². The van der Waals surface area contributed by atoms with Crippen LogP contribution in [0.2, 0.25) is 0 Å². The second-order valence-corrected chi connectivity index (χ2v) is 6.76. The lowest BCUT2D eigenvalue weighted by Crippen LogP contribution is -2.28. The van der Waals surface area contributed by atoms with Crippen LogP contribution < -0.4 is 11.1 Å². The van der Waals surface area contributed by atoms with E-state index in [0.717, 1.165) is 15.8 Å². The molecule has 0 aliphatic heterocycles. The molecule has 1 atom stereocenters. The zero-order valence-corrected chi connectivity index (χ0v) is 13.3. The van der Waals surface area contributed by atoms with E-state index in [1.807, 2.05) is 11.4 Å². The fourth-order valence-corrected chi connectivity index (χ4v) is 3.33. The van der Waals surface area contributed by atoms with Crippen LogP contribution in [0.3, 0.4) is 0 Å². The van der Waals surface area contributed by atoms with Gasteiger partial charge in [-0.05, 0) is 52.2 Å². The Bertz CT molecular complexity index is 379. The van der Waals surface area contributed by atoms with E-state index >= 15 is 0 Å². The summed E-state index contributed by atoms with van der Waals surface area (Å²) in [6.07, 6.45) is 1.53. The molecule has 0 aliphatic rings. The topological polar surface area (TPSA) is 55.1 Å². The number of thiophene rings is 1. The highest BCUT2D eigenvalue weighted by Crippen LogP contribution is 2.22. The Morgan fingerprint density at radius 1 is 1.56 bits per heavy atom. The molecular weight excluding hydrogens is 312 g/mol. The Morgan fingerprint density at radius 2 is 2.28 bits per heavy atom. The average Bonchev–Trinajstić information content (AvgIpc) is 2.70. The summed E-state index contributed by atoms with van der Waals surface area (Å²) in [5.74, 6) is 0.959. The molecule has 5 heteroatoms. The summed E-state index contributed by atoms with van der Waals surface area (Å²) in [6.45, 7) is 5.48. The Labute approximate surface area is 121 Å². The van der Waals surface area contributed by atoms with Crippen LogP contribution in [0.4, 0.5) is 0 Å². The van der Waals surface area contributed by atoms with Gasteiger partial charge < -0.3 is 11.1 Å². The first-order valence-electron chi connectivity index (χ1n) is 6.21. The smallest absolute Gasteiger partial charge is 0.220 e. The number of hydrogen-bond acceptors (Lipinski definition) is 3. The van der Waals surface area contributed by atoms with Crippen LogP contribution in [0.25, 0.3) is 0 Å². The molecule has 1 unspecified atom stereocenters.